The molecule has 0 fully saturated rings. The monoisotopic (exact) mass is 511 g/mol. The number of non-ortho nitro benzene ring substituents is 1. The number of halogens is 2. The number of nitro groups is 1. The molecule has 2 aromatic carbocycles. The van der Waals surface area contributed by atoms with Gasteiger partial charge in [0.15, 0.2) is 0 Å². The lowest BCUT2D eigenvalue weighted by Crippen LogP contribution is -2.51. The molecule has 0 radical (unpaired) electrons. The quantitative estimate of drug-likeness (QED) is 0.319. The summed E-state index contributed by atoms with van der Waals surface area (Å²) in [4.78, 5) is 37.9. The van der Waals surface area contributed by atoms with Gasteiger partial charge in [-0.05, 0) is 43.5 Å². The summed E-state index contributed by atoms with van der Waals surface area (Å²) >= 11 is 13.7. The lowest BCUT2D eigenvalue weighted by Gasteiger charge is -2.31. The maximum absolute atomic E-state index is 13.2. The topological polar surface area (TPSA) is 92.6 Å². The summed E-state index contributed by atoms with van der Waals surface area (Å²) in [6.07, 6.45) is 0.447. The molecule has 10 heteroatoms. The van der Waals surface area contributed by atoms with Crippen LogP contribution in [0.15, 0.2) is 42.5 Å². The van der Waals surface area contributed by atoms with Crippen molar-refractivity contribution in [3.05, 3.63) is 73.8 Å². The first-order chi connectivity index (χ1) is 15.6. The number of amides is 2. The maximum atomic E-state index is 13.2. The third-order valence-electron chi connectivity index (χ3n) is 4.81. The molecule has 0 aliphatic rings. The Hall–Kier alpha value is -2.29. The minimum atomic E-state index is -0.647. The zero-order chi connectivity index (χ0) is 24.5. The van der Waals surface area contributed by atoms with Gasteiger partial charge >= 0.3 is 0 Å². The molecular weight excluding hydrogens is 485 g/mol. The molecule has 0 unspecified atom stereocenters. The zero-order valence-electron chi connectivity index (χ0n) is 18.7. The largest absolute Gasteiger partial charge is 0.352 e. The van der Waals surface area contributed by atoms with Crippen LogP contribution < -0.4 is 5.32 Å². The molecule has 0 saturated heterocycles. The van der Waals surface area contributed by atoms with E-state index in [1.165, 1.54) is 23.9 Å². The van der Waals surface area contributed by atoms with Crippen molar-refractivity contribution in [2.45, 2.75) is 51.6 Å². The Labute approximate surface area is 208 Å². The molecule has 0 bridgehead atoms. The van der Waals surface area contributed by atoms with Crippen LogP contribution in [-0.4, -0.2) is 39.5 Å². The average molecular weight is 512 g/mol. The van der Waals surface area contributed by atoms with Crippen LogP contribution in [0.4, 0.5) is 5.69 Å². The lowest BCUT2D eigenvalue weighted by molar-refractivity contribution is -0.384. The molecule has 0 aromatic heterocycles. The Balaban J connectivity index is 2.15. The van der Waals surface area contributed by atoms with E-state index in [-0.39, 0.29) is 35.8 Å². The highest BCUT2D eigenvalue weighted by molar-refractivity contribution is 7.99. The van der Waals surface area contributed by atoms with E-state index in [2.05, 4.69) is 5.32 Å². The minimum Gasteiger partial charge on any atom is -0.352 e. The van der Waals surface area contributed by atoms with Crippen molar-refractivity contribution in [3.8, 4) is 0 Å². The fraction of sp³-hybridized carbons (Fsp3) is 0.391. The molecule has 33 heavy (non-hydrogen) atoms. The van der Waals surface area contributed by atoms with E-state index >= 15 is 0 Å². The number of thioether (sulfide) groups is 1. The van der Waals surface area contributed by atoms with Crippen LogP contribution in [0.1, 0.15) is 38.3 Å². The fourth-order valence-corrected chi connectivity index (χ4v) is 4.53. The third kappa shape index (κ3) is 8.21. The summed E-state index contributed by atoms with van der Waals surface area (Å²) in [7, 11) is 0. The van der Waals surface area contributed by atoms with Crippen LogP contribution >= 0.6 is 35.0 Å². The number of benzene rings is 2. The zero-order valence-corrected chi connectivity index (χ0v) is 21.0. The van der Waals surface area contributed by atoms with E-state index in [0.717, 1.165) is 5.56 Å². The number of hydrogen-bond acceptors (Lipinski definition) is 5. The molecule has 0 aliphatic carbocycles. The van der Waals surface area contributed by atoms with Crippen LogP contribution in [0.5, 0.6) is 0 Å². The molecule has 1 N–H and O–H groups in total. The van der Waals surface area contributed by atoms with Gasteiger partial charge in [-0.1, -0.05) is 48.3 Å². The van der Waals surface area contributed by atoms with Gasteiger partial charge in [0, 0.05) is 40.5 Å². The summed E-state index contributed by atoms with van der Waals surface area (Å²) in [5.74, 6) is 0.243. The maximum Gasteiger partial charge on any atom is 0.269 e. The van der Waals surface area contributed by atoms with E-state index in [4.69, 9.17) is 23.2 Å². The van der Waals surface area contributed by atoms with Gasteiger partial charge < -0.3 is 10.2 Å². The van der Waals surface area contributed by atoms with Crippen molar-refractivity contribution in [2.24, 2.45) is 0 Å². The SMILES string of the molecule is CC[C@@H](C(=O)NC(C)C)N(Cc1ccc(Cl)cc1Cl)C(=O)CSCc1ccc([N+](=O)[O-])cc1. The molecule has 2 rings (SSSR count). The third-order valence-corrected chi connectivity index (χ3v) is 6.39. The number of hydrogen-bond donors (Lipinski definition) is 1. The van der Waals surface area contributed by atoms with Gasteiger partial charge in [-0.2, -0.15) is 0 Å². The number of rotatable bonds is 11. The summed E-state index contributed by atoms with van der Waals surface area (Å²) < 4.78 is 0. The first-order valence-corrected chi connectivity index (χ1v) is 12.4. The highest BCUT2D eigenvalue weighted by Gasteiger charge is 2.29. The van der Waals surface area contributed by atoms with Crippen LogP contribution in [0.2, 0.25) is 10.0 Å². The second-order valence-electron chi connectivity index (χ2n) is 7.76. The first kappa shape index (κ1) is 27.0. The van der Waals surface area contributed by atoms with Crippen molar-refractivity contribution in [1.29, 1.82) is 0 Å². The predicted octanol–water partition coefficient (Wildman–Crippen LogP) is 5.47. The molecular formula is C23H27Cl2N3O4S. The molecule has 1 atom stereocenters. The molecule has 2 aromatic rings. The van der Waals surface area contributed by atoms with Crippen molar-refractivity contribution in [3.63, 3.8) is 0 Å². The van der Waals surface area contributed by atoms with E-state index in [9.17, 15) is 19.7 Å². The van der Waals surface area contributed by atoms with Gasteiger partial charge in [-0.3, -0.25) is 19.7 Å². The van der Waals surface area contributed by atoms with Crippen LogP contribution in [-0.2, 0) is 21.9 Å². The normalized spacial score (nSPS) is 11.8. The number of nitrogens with zero attached hydrogens (tertiary/aromatic N) is 2. The summed E-state index contributed by atoms with van der Waals surface area (Å²) in [5, 5.41) is 14.6. The van der Waals surface area contributed by atoms with E-state index < -0.39 is 11.0 Å². The Bertz CT molecular complexity index is 986. The standard InChI is InChI=1S/C23H27Cl2N3O4S/c1-4-21(23(30)26-15(2)3)27(12-17-7-8-18(24)11-20(17)25)22(29)14-33-13-16-5-9-19(10-6-16)28(31)32/h5-11,15,21H,4,12-14H2,1-3H3,(H,26,30)/t21-/m0/s1. The molecule has 178 valence electrons. The molecule has 0 spiro atoms. The average Bonchev–Trinajstić information content (AvgIpc) is 2.74. The first-order valence-electron chi connectivity index (χ1n) is 10.5. The van der Waals surface area contributed by atoms with E-state index in [0.29, 0.717) is 27.8 Å². The molecule has 0 aliphatic heterocycles. The number of nitro benzene ring substituents is 1. The van der Waals surface area contributed by atoms with Gasteiger partial charge in [-0.25, -0.2) is 0 Å². The Morgan fingerprint density at radius 3 is 2.36 bits per heavy atom. The van der Waals surface area contributed by atoms with Gasteiger partial charge in [0.25, 0.3) is 5.69 Å². The fourth-order valence-electron chi connectivity index (χ4n) is 3.19. The van der Waals surface area contributed by atoms with Crippen molar-refractivity contribution in [2.75, 3.05) is 5.75 Å². The highest BCUT2D eigenvalue weighted by atomic mass is 35.5. The van der Waals surface area contributed by atoms with Crippen molar-refractivity contribution < 1.29 is 14.5 Å². The summed E-state index contributed by atoms with van der Waals surface area (Å²) in [6, 6.07) is 10.6. The summed E-state index contributed by atoms with van der Waals surface area (Å²) in [6.45, 7) is 5.77. The number of carbonyl (C=O) groups excluding carboxylic acids is 2. The minimum absolute atomic E-state index is 0.0211. The molecule has 2 amide bonds. The van der Waals surface area contributed by atoms with E-state index in [1.807, 2.05) is 20.8 Å². The van der Waals surface area contributed by atoms with Crippen LogP contribution in [0.25, 0.3) is 0 Å². The van der Waals surface area contributed by atoms with Crippen molar-refractivity contribution >= 4 is 52.5 Å². The Kier molecular flexibility index (Phi) is 10.5. The summed E-state index contributed by atoms with van der Waals surface area (Å²) in [5.41, 5.74) is 1.59. The molecule has 0 saturated carbocycles. The van der Waals surface area contributed by atoms with Gasteiger partial charge in [0.2, 0.25) is 11.8 Å². The van der Waals surface area contributed by atoms with Gasteiger partial charge in [-0.15, -0.1) is 11.8 Å². The van der Waals surface area contributed by atoms with Gasteiger partial charge in [0.1, 0.15) is 6.04 Å². The molecule has 0 heterocycles. The lowest BCUT2D eigenvalue weighted by atomic mass is 10.1. The predicted molar refractivity (Wildman–Crippen MR) is 134 cm³/mol. The number of nitrogens with one attached hydrogen (secondary N) is 1. The van der Waals surface area contributed by atoms with Crippen LogP contribution in [0.3, 0.4) is 0 Å². The smallest absolute Gasteiger partial charge is 0.269 e. The molecule has 7 nitrogen and oxygen atoms in total. The van der Waals surface area contributed by atoms with Gasteiger partial charge in [0.05, 0.1) is 10.7 Å². The second kappa shape index (κ2) is 12.8. The van der Waals surface area contributed by atoms with E-state index in [1.54, 1.807) is 35.2 Å². The second-order valence-corrected chi connectivity index (χ2v) is 9.59. The van der Waals surface area contributed by atoms with Crippen LogP contribution in [0, 0.1) is 10.1 Å². The highest BCUT2D eigenvalue weighted by Crippen LogP contribution is 2.25. The van der Waals surface area contributed by atoms with Crippen molar-refractivity contribution in [1.82, 2.24) is 10.2 Å². The number of carbonyl (C=O) groups is 2. The Morgan fingerprint density at radius 1 is 1.15 bits per heavy atom. The Morgan fingerprint density at radius 2 is 1.82 bits per heavy atom.